The molecule has 32 heavy (non-hydrogen) atoms. The SMILES string of the molecule is CC.CCCCCNC(=O)CCOCCOCCOCCOCCN(C)C(=O)/C=C\C=O. The van der Waals surface area contributed by atoms with Crippen LogP contribution in [0.15, 0.2) is 12.2 Å². The average Bonchev–Trinajstić information content (AvgIpc) is 2.81. The molecule has 9 nitrogen and oxygen atoms in total. The molecule has 188 valence electrons. The van der Waals surface area contributed by atoms with Crippen LogP contribution in [0, 0.1) is 0 Å². The van der Waals surface area contributed by atoms with Crippen LogP contribution >= 0.6 is 0 Å². The van der Waals surface area contributed by atoms with Crippen LogP contribution in [0.5, 0.6) is 0 Å². The fourth-order valence-electron chi connectivity index (χ4n) is 2.18. The molecule has 1 N–H and O–H groups in total. The highest BCUT2D eigenvalue weighted by molar-refractivity contribution is 5.90. The summed E-state index contributed by atoms with van der Waals surface area (Å²) in [5.41, 5.74) is 0. The van der Waals surface area contributed by atoms with Gasteiger partial charge in [0.25, 0.3) is 0 Å². The van der Waals surface area contributed by atoms with Crippen molar-refractivity contribution in [3.63, 3.8) is 0 Å². The van der Waals surface area contributed by atoms with Crippen molar-refractivity contribution in [2.75, 3.05) is 73.0 Å². The summed E-state index contributed by atoms with van der Waals surface area (Å²) < 4.78 is 21.5. The number of hydrogen-bond acceptors (Lipinski definition) is 7. The number of carbonyl (C=O) groups excluding carboxylic acids is 3. The molecule has 0 atom stereocenters. The molecule has 9 heteroatoms. The molecule has 0 unspecified atom stereocenters. The zero-order valence-corrected chi connectivity index (χ0v) is 20.4. The molecule has 0 aromatic carbocycles. The Hall–Kier alpha value is -1.81. The first-order valence-electron chi connectivity index (χ1n) is 11.6. The molecule has 0 fully saturated rings. The van der Waals surface area contributed by atoms with Crippen molar-refractivity contribution in [2.24, 2.45) is 0 Å². The molecule has 0 aromatic rings. The summed E-state index contributed by atoms with van der Waals surface area (Å²) in [7, 11) is 1.64. The first-order valence-corrected chi connectivity index (χ1v) is 11.6. The number of nitrogens with one attached hydrogen (secondary N) is 1. The minimum absolute atomic E-state index is 0.0237. The van der Waals surface area contributed by atoms with Gasteiger partial charge in [-0.05, 0) is 12.5 Å². The van der Waals surface area contributed by atoms with E-state index in [4.69, 9.17) is 18.9 Å². The van der Waals surface area contributed by atoms with Crippen molar-refractivity contribution in [2.45, 2.75) is 46.5 Å². The number of likely N-dealkylation sites (N-methyl/N-ethyl adjacent to an activating group) is 1. The van der Waals surface area contributed by atoms with E-state index in [0.29, 0.717) is 72.1 Å². The third-order valence-electron chi connectivity index (χ3n) is 3.96. The maximum absolute atomic E-state index is 11.5. The molecule has 0 spiro atoms. The van der Waals surface area contributed by atoms with Gasteiger partial charge in [0, 0.05) is 32.6 Å². The van der Waals surface area contributed by atoms with Gasteiger partial charge in [-0.1, -0.05) is 33.6 Å². The second-order valence-electron chi connectivity index (χ2n) is 6.51. The van der Waals surface area contributed by atoms with Crippen LogP contribution < -0.4 is 5.32 Å². The Morgan fingerprint density at radius 3 is 1.91 bits per heavy atom. The van der Waals surface area contributed by atoms with Crippen LogP contribution in [-0.2, 0) is 33.3 Å². The van der Waals surface area contributed by atoms with E-state index in [9.17, 15) is 14.4 Å². The molecule has 0 bridgehead atoms. The topological polar surface area (TPSA) is 103 Å². The lowest BCUT2D eigenvalue weighted by atomic mass is 10.2. The van der Waals surface area contributed by atoms with Crippen molar-refractivity contribution in [1.82, 2.24) is 10.2 Å². The Morgan fingerprint density at radius 1 is 0.844 bits per heavy atom. The summed E-state index contributed by atoms with van der Waals surface area (Å²) in [6, 6.07) is 0. The van der Waals surface area contributed by atoms with E-state index in [-0.39, 0.29) is 11.8 Å². The van der Waals surface area contributed by atoms with Crippen LogP contribution in [0.1, 0.15) is 46.5 Å². The highest BCUT2D eigenvalue weighted by atomic mass is 16.6. The van der Waals surface area contributed by atoms with Crippen LogP contribution in [0.25, 0.3) is 0 Å². The molecule has 0 aromatic heterocycles. The minimum atomic E-state index is -0.242. The number of hydrogen-bond donors (Lipinski definition) is 1. The van der Waals surface area contributed by atoms with E-state index in [1.807, 2.05) is 13.8 Å². The van der Waals surface area contributed by atoms with E-state index >= 15 is 0 Å². The molecule has 0 saturated carbocycles. The first kappa shape index (κ1) is 32.4. The van der Waals surface area contributed by atoms with Gasteiger partial charge in [0.2, 0.25) is 11.8 Å². The zero-order chi connectivity index (χ0) is 24.3. The predicted molar refractivity (Wildman–Crippen MR) is 125 cm³/mol. The zero-order valence-electron chi connectivity index (χ0n) is 20.4. The van der Waals surface area contributed by atoms with E-state index in [2.05, 4.69) is 12.2 Å². The Labute approximate surface area is 193 Å². The third kappa shape index (κ3) is 24.5. The van der Waals surface area contributed by atoms with Gasteiger partial charge in [0.15, 0.2) is 0 Å². The molecule has 0 rings (SSSR count). The first-order chi connectivity index (χ1) is 15.6. The molecule has 0 heterocycles. The van der Waals surface area contributed by atoms with Crippen LogP contribution in [0.2, 0.25) is 0 Å². The Balaban J connectivity index is 0. The lowest BCUT2D eigenvalue weighted by Gasteiger charge is -2.14. The second-order valence-corrected chi connectivity index (χ2v) is 6.51. The largest absolute Gasteiger partial charge is 0.379 e. The Kier molecular flexibility index (Phi) is 27.5. The molecule has 0 aliphatic rings. The molecule has 0 saturated heterocycles. The van der Waals surface area contributed by atoms with Crippen molar-refractivity contribution in [1.29, 1.82) is 0 Å². The molecule has 2 amide bonds. The quantitative estimate of drug-likeness (QED) is 0.159. The number of aldehydes is 1. The van der Waals surface area contributed by atoms with Gasteiger partial charge in [-0.2, -0.15) is 0 Å². The van der Waals surface area contributed by atoms with Crippen molar-refractivity contribution >= 4 is 18.1 Å². The standard InChI is InChI=1S/C21H38N2O7.C2H6/c1-3-4-5-9-22-20(25)8-12-27-14-16-29-18-19-30-17-15-28-13-10-23(2)21(26)7-6-11-24;1-2/h6-7,11H,3-5,8-10,12-19H2,1-2H3,(H,22,25);1-2H3/b7-6-;. The van der Waals surface area contributed by atoms with Crippen LogP contribution in [-0.4, -0.2) is 96.0 Å². The van der Waals surface area contributed by atoms with Gasteiger partial charge < -0.3 is 29.2 Å². The van der Waals surface area contributed by atoms with Crippen LogP contribution in [0.4, 0.5) is 0 Å². The summed E-state index contributed by atoms with van der Waals surface area (Å²) in [6.45, 7) is 10.8. The lowest BCUT2D eigenvalue weighted by Crippen LogP contribution is -2.29. The van der Waals surface area contributed by atoms with E-state index < -0.39 is 0 Å². The van der Waals surface area contributed by atoms with Gasteiger partial charge in [-0.3, -0.25) is 14.4 Å². The van der Waals surface area contributed by atoms with Crippen molar-refractivity contribution < 1.29 is 33.3 Å². The second kappa shape index (κ2) is 27.2. The van der Waals surface area contributed by atoms with Gasteiger partial charge in [0.05, 0.1) is 52.9 Å². The Morgan fingerprint density at radius 2 is 1.38 bits per heavy atom. The Bertz CT molecular complexity index is 473. The van der Waals surface area contributed by atoms with E-state index in [1.165, 1.54) is 11.0 Å². The number of nitrogens with zero attached hydrogens (tertiary/aromatic N) is 1. The van der Waals surface area contributed by atoms with Gasteiger partial charge in [-0.15, -0.1) is 0 Å². The monoisotopic (exact) mass is 460 g/mol. The molecule has 0 aliphatic carbocycles. The number of unbranched alkanes of at least 4 members (excludes halogenated alkanes) is 2. The predicted octanol–water partition coefficient (Wildman–Crippen LogP) is 1.99. The highest BCUT2D eigenvalue weighted by Crippen LogP contribution is 1.92. The summed E-state index contributed by atoms with van der Waals surface area (Å²) in [5.74, 6) is -0.218. The average molecular weight is 461 g/mol. The fraction of sp³-hybridized carbons (Fsp3) is 0.783. The van der Waals surface area contributed by atoms with E-state index in [1.54, 1.807) is 7.05 Å². The number of allylic oxidation sites excluding steroid dienone is 1. The summed E-state index contributed by atoms with van der Waals surface area (Å²) >= 11 is 0. The molecule has 0 aliphatic heterocycles. The summed E-state index contributed by atoms with van der Waals surface area (Å²) in [4.78, 5) is 34.7. The fourth-order valence-corrected chi connectivity index (χ4v) is 2.18. The number of ether oxygens (including phenoxy) is 4. The van der Waals surface area contributed by atoms with Gasteiger partial charge in [-0.25, -0.2) is 0 Å². The molecular weight excluding hydrogens is 416 g/mol. The van der Waals surface area contributed by atoms with Crippen molar-refractivity contribution in [3.8, 4) is 0 Å². The number of carbonyl (C=O) groups is 3. The van der Waals surface area contributed by atoms with Crippen LogP contribution in [0.3, 0.4) is 0 Å². The van der Waals surface area contributed by atoms with Gasteiger partial charge in [0.1, 0.15) is 6.29 Å². The maximum Gasteiger partial charge on any atom is 0.246 e. The third-order valence-corrected chi connectivity index (χ3v) is 3.96. The van der Waals surface area contributed by atoms with Crippen molar-refractivity contribution in [3.05, 3.63) is 12.2 Å². The maximum atomic E-state index is 11.5. The molecule has 0 radical (unpaired) electrons. The lowest BCUT2D eigenvalue weighted by molar-refractivity contribution is -0.125. The molecular formula is C23H44N2O7. The summed E-state index contributed by atoms with van der Waals surface area (Å²) in [5, 5.41) is 2.87. The highest BCUT2D eigenvalue weighted by Gasteiger charge is 2.03. The summed E-state index contributed by atoms with van der Waals surface area (Å²) in [6.07, 6.45) is 6.60. The number of rotatable bonds is 21. The minimum Gasteiger partial charge on any atom is -0.379 e. The van der Waals surface area contributed by atoms with Gasteiger partial charge >= 0.3 is 0 Å². The number of amides is 2. The smallest absolute Gasteiger partial charge is 0.246 e. The normalized spacial score (nSPS) is 10.5. The van der Waals surface area contributed by atoms with E-state index in [0.717, 1.165) is 31.9 Å².